The van der Waals surface area contributed by atoms with Crippen LogP contribution in [0.25, 0.3) is 0 Å². The van der Waals surface area contributed by atoms with Gasteiger partial charge in [0.05, 0.1) is 24.7 Å². The Bertz CT molecular complexity index is 181. The van der Waals surface area contributed by atoms with E-state index in [1.54, 1.807) is 21.0 Å². The molecule has 1 aliphatic rings. The summed E-state index contributed by atoms with van der Waals surface area (Å²) in [5, 5.41) is 9.50. The second-order valence-electron chi connectivity index (χ2n) is 3.37. The SMILES string of the molecule is C[C@H]1OC[C@H](C(=O)N(C)C)[C@H]1O. The Morgan fingerprint density at radius 3 is 2.50 bits per heavy atom. The lowest BCUT2D eigenvalue weighted by molar-refractivity contribution is -0.135. The third-order valence-electron chi connectivity index (χ3n) is 2.19. The zero-order valence-corrected chi connectivity index (χ0v) is 7.65. The number of hydrogen-bond acceptors (Lipinski definition) is 3. The van der Waals surface area contributed by atoms with E-state index >= 15 is 0 Å². The van der Waals surface area contributed by atoms with Gasteiger partial charge in [0.1, 0.15) is 0 Å². The van der Waals surface area contributed by atoms with Crippen LogP contribution >= 0.6 is 0 Å². The molecular weight excluding hydrogens is 158 g/mol. The van der Waals surface area contributed by atoms with Crippen LogP contribution in [-0.2, 0) is 9.53 Å². The maximum absolute atomic E-state index is 11.4. The standard InChI is InChI=1S/C8H15NO3/c1-5-7(10)6(4-12-5)8(11)9(2)3/h5-7,10H,4H2,1-3H3/t5-,6+,7+/m1/s1. The molecule has 0 aromatic rings. The fourth-order valence-corrected chi connectivity index (χ4v) is 1.33. The Labute approximate surface area is 72.1 Å². The lowest BCUT2D eigenvalue weighted by Crippen LogP contribution is -2.37. The van der Waals surface area contributed by atoms with Gasteiger partial charge in [-0.3, -0.25) is 4.79 Å². The first-order valence-corrected chi connectivity index (χ1v) is 4.05. The summed E-state index contributed by atoms with van der Waals surface area (Å²) < 4.78 is 5.15. The Balaban J connectivity index is 2.59. The predicted octanol–water partition coefficient (Wildman–Crippen LogP) is -0.530. The van der Waals surface area contributed by atoms with Crippen molar-refractivity contribution in [1.82, 2.24) is 4.90 Å². The highest BCUT2D eigenvalue weighted by molar-refractivity contribution is 5.79. The summed E-state index contributed by atoms with van der Waals surface area (Å²) in [7, 11) is 3.36. The maximum Gasteiger partial charge on any atom is 0.230 e. The minimum atomic E-state index is -0.653. The molecule has 1 amide bonds. The Morgan fingerprint density at radius 1 is 1.58 bits per heavy atom. The Hall–Kier alpha value is -0.610. The minimum absolute atomic E-state index is 0.0631. The van der Waals surface area contributed by atoms with Crippen LogP contribution in [-0.4, -0.2) is 48.8 Å². The smallest absolute Gasteiger partial charge is 0.230 e. The van der Waals surface area contributed by atoms with Crippen LogP contribution in [0, 0.1) is 5.92 Å². The third-order valence-corrected chi connectivity index (χ3v) is 2.19. The predicted molar refractivity (Wildman–Crippen MR) is 43.6 cm³/mol. The first-order chi connectivity index (χ1) is 5.54. The molecule has 1 rings (SSSR count). The van der Waals surface area contributed by atoms with Crippen LogP contribution in [0.15, 0.2) is 0 Å². The maximum atomic E-state index is 11.4. The molecule has 1 aliphatic heterocycles. The molecule has 70 valence electrons. The molecule has 3 atom stereocenters. The van der Waals surface area contributed by atoms with Gasteiger partial charge in [-0.1, -0.05) is 0 Å². The van der Waals surface area contributed by atoms with Gasteiger partial charge in [0.25, 0.3) is 0 Å². The summed E-state index contributed by atoms with van der Waals surface area (Å²) in [6.45, 7) is 2.10. The molecular formula is C8H15NO3. The van der Waals surface area contributed by atoms with Gasteiger partial charge in [0, 0.05) is 14.1 Å². The molecule has 0 bridgehead atoms. The molecule has 0 unspecified atom stereocenters. The number of aliphatic hydroxyl groups is 1. The molecule has 0 radical (unpaired) electrons. The number of amides is 1. The van der Waals surface area contributed by atoms with Gasteiger partial charge < -0.3 is 14.7 Å². The average molecular weight is 173 g/mol. The van der Waals surface area contributed by atoms with Crippen molar-refractivity contribution in [1.29, 1.82) is 0 Å². The van der Waals surface area contributed by atoms with E-state index in [0.29, 0.717) is 6.61 Å². The van der Waals surface area contributed by atoms with Crippen LogP contribution in [0.4, 0.5) is 0 Å². The van der Waals surface area contributed by atoms with Crippen LogP contribution in [0.5, 0.6) is 0 Å². The van der Waals surface area contributed by atoms with Gasteiger partial charge in [-0.2, -0.15) is 0 Å². The van der Waals surface area contributed by atoms with Crippen LogP contribution in [0.2, 0.25) is 0 Å². The molecule has 1 heterocycles. The number of carbonyl (C=O) groups is 1. The van der Waals surface area contributed by atoms with Crippen molar-refractivity contribution in [3.63, 3.8) is 0 Å². The quantitative estimate of drug-likeness (QED) is 0.580. The summed E-state index contributed by atoms with van der Waals surface area (Å²) >= 11 is 0. The molecule has 4 heteroatoms. The molecule has 0 spiro atoms. The highest BCUT2D eigenvalue weighted by atomic mass is 16.5. The summed E-state index contributed by atoms with van der Waals surface area (Å²) in [5.41, 5.74) is 0. The Morgan fingerprint density at radius 2 is 2.17 bits per heavy atom. The second-order valence-corrected chi connectivity index (χ2v) is 3.37. The van der Waals surface area contributed by atoms with E-state index in [1.807, 2.05) is 0 Å². The number of aliphatic hydroxyl groups excluding tert-OH is 1. The van der Waals surface area contributed by atoms with Gasteiger partial charge >= 0.3 is 0 Å². The lowest BCUT2D eigenvalue weighted by Gasteiger charge is -2.18. The number of carbonyl (C=O) groups excluding carboxylic acids is 1. The monoisotopic (exact) mass is 173 g/mol. The van der Waals surface area contributed by atoms with Crippen molar-refractivity contribution < 1.29 is 14.6 Å². The molecule has 12 heavy (non-hydrogen) atoms. The van der Waals surface area contributed by atoms with Crippen LogP contribution < -0.4 is 0 Å². The van der Waals surface area contributed by atoms with E-state index in [4.69, 9.17) is 4.74 Å². The fraction of sp³-hybridized carbons (Fsp3) is 0.875. The van der Waals surface area contributed by atoms with Crippen LogP contribution in [0.3, 0.4) is 0 Å². The van der Waals surface area contributed by atoms with E-state index in [9.17, 15) is 9.90 Å². The summed E-state index contributed by atoms with van der Waals surface area (Å²) in [5.74, 6) is -0.443. The molecule has 0 aromatic heterocycles. The largest absolute Gasteiger partial charge is 0.390 e. The highest BCUT2D eigenvalue weighted by Crippen LogP contribution is 2.21. The zero-order valence-electron chi connectivity index (χ0n) is 7.65. The number of rotatable bonds is 1. The lowest BCUT2D eigenvalue weighted by atomic mass is 10.0. The molecule has 0 saturated carbocycles. The number of nitrogens with zero attached hydrogens (tertiary/aromatic N) is 1. The highest BCUT2D eigenvalue weighted by Gasteiger charge is 2.38. The molecule has 0 aliphatic carbocycles. The molecule has 4 nitrogen and oxygen atoms in total. The van der Waals surface area contributed by atoms with E-state index < -0.39 is 6.10 Å². The second kappa shape index (κ2) is 3.41. The topological polar surface area (TPSA) is 49.8 Å². The van der Waals surface area contributed by atoms with Crippen molar-refractivity contribution in [2.45, 2.75) is 19.1 Å². The molecule has 1 N–H and O–H groups in total. The van der Waals surface area contributed by atoms with Gasteiger partial charge in [-0.05, 0) is 6.92 Å². The van der Waals surface area contributed by atoms with Gasteiger partial charge in [0.2, 0.25) is 5.91 Å². The number of hydrogen-bond donors (Lipinski definition) is 1. The normalized spacial score (nSPS) is 35.2. The van der Waals surface area contributed by atoms with E-state index in [0.717, 1.165) is 0 Å². The zero-order chi connectivity index (χ0) is 9.30. The average Bonchev–Trinajstić information content (AvgIpc) is 2.32. The van der Waals surface area contributed by atoms with Crippen molar-refractivity contribution in [2.24, 2.45) is 5.92 Å². The van der Waals surface area contributed by atoms with Crippen molar-refractivity contribution in [3.05, 3.63) is 0 Å². The summed E-state index contributed by atoms with van der Waals surface area (Å²) in [6.07, 6.45) is -0.876. The van der Waals surface area contributed by atoms with E-state index in [1.165, 1.54) is 4.90 Å². The van der Waals surface area contributed by atoms with Gasteiger partial charge in [0.15, 0.2) is 0 Å². The molecule has 1 fully saturated rings. The summed E-state index contributed by atoms with van der Waals surface area (Å²) in [6, 6.07) is 0. The number of ether oxygens (including phenoxy) is 1. The third kappa shape index (κ3) is 1.59. The van der Waals surface area contributed by atoms with E-state index in [2.05, 4.69) is 0 Å². The first-order valence-electron chi connectivity index (χ1n) is 4.05. The summed E-state index contributed by atoms with van der Waals surface area (Å²) in [4.78, 5) is 12.9. The van der Waals surface area contributed by atoms with Crippen molar-refractivity contribution >= 4 is 5.91 Å². The Kier molecular flexibility index (Phi) is 2.69. The first kappa shape index (κ1) is 9.48. The van der Waals surface area contributed by atoms with Gasteiger partial charge in [-0.15, -0.1) is 0 Å². The fourth-order valence-electron chi connectivity index (χ4n) is 1.33. The van der Waals surface area contributed by atoms with Crippen molar-refractivity contribution in [2.75, 3.05) is 20.7 Å². The van der Waals surface area contributed by atoms with Crippen LogP contribution in [0.1, 0.15) is 6.92 Å². The van der Waals surface area contributed by atoms with Gasteiger partial charge in [-0.25, -0.2) is 0 Å². The minimum Gasteiger partial charge on any atom is -0.390 e. The van der Waals surface area contributed by atoms with Crippen molar-refractivity contribution in [3.8, 4) is 0 Å². The molecule has 0 aromatic carbocycles. The van der Waals surface area contributed by atoms with E-state index in [-0.39, 0.29) is 17.9 Å². The molecule has 1 saturated heterocycles.